The van der Waals surface area contributed by atoms with Gasteiger partial charge >= 0.3 is 0 Å². The van der Waals surface area contributed by atoms with Gasteiger partial charge in [0.2, 0.25) is 5.91 Å². The van der Waals surface area contributed by atoms with Crippen LogP contribution in [0.25, 0.3) is 5.69 Å². The highest BCUT2D eigenvalue weighted by Crippen LogP contribution is 2.55. The second-order valence-electron chi connectivity index (χ2n) is 8.05. The average molecular weight is 422 g/mol. The summed E-state index contributed by atoms with van der Waals surface area (Å²) in [5.41, 5.74) is 9.92. The third-order valence-electron chi connectivity index (χ3n) is 6.20. The number of aryl methyl sites for hydroxylation is 2. The van der Waals surface area contributed by atoms with Crippen LogP contribution in [0.3, 0.4) is 0 Å². The van der Waals surface area contributed by atoms with E-state index in [1.54, 1.807) is 15.7 Å². The quantitative estimate of drug-likeness (QED) is 0.630. The minimum atomic E-state index is -1.37. The number of nitriles is 1. The van der Waals surface area contributed by atoms with Gasteiger partial charge < -0.3 is 16.0 Å². The highest BCUT2D eigenvalue weighted by atomic mass is 16.2. The van der Waals surface area contributed by atoms with Gasteiger partial charge in [-0.15, -0.1) is 6.58 Å². The number of amides is 1. The van der Waals surface area contributed by atoms with Gasteiger partial charge in [0.1, 0.15) is 23.1 Å². The normalized spacial score (nSPS) is 18.9. The van der Waals surface area contributed by atoms with Crippen LogP contribution in [0.5, 0.6) is 0 Å². The van der Waals surface area contributed by atoms with Gasteiger partial charge in [-0.25, -0.2) is 4.68 Å². The fourth-order valence-electron chi connectivity index (χ4n) is 4.87. The molecule has 1 amide bonds. The van der Waals surface area contributed by atoms with Crippen molar-refractivity contribution in [1.82, 2.24) is 9.78 Å². The number of nitrogens with zero attached hydrogens (tertiary/aromatic N) is 4. The van der Waals surface area contributed by atoms with Crippen LogP contribution in [0.2, 0.25) is 0 Å². The number of fused-ring (bicyclic) bond motifs is 4. The lowest BCUT2D eigenvalue weighted by atomic mass is 9.68. The molecule has 3 aromatic rings. The number of benzene rings is 2. The van der Waals surface area contributed by atoms with Gasteiger partial charge in [-0.1, -0.05) is 42.0 Å². The first-order valence-corrected chi connectivity index (χ1v) is 10.3. The van der Waals surface area contributed by atoms with Gasteiger partial charge in [-0.05, 0) is 32.0 Å². The fourth-order valence-corrected chi connectivity index (χ4v) is 4.87. The van der Waals surface area contributed by atoms with Crippen LogP contribution in [-0.2, 0) is 10.2 Å². The number of rotatable bonds is 3. The lowest BCUT2D eigenvalue weighted by molar-refractivity contribution is -0.120. The Kier molecular flexibility index (Phi) is 4.21. The molecule has 2 aliphatic heterocycles. The number of para-hydroxylation sites is 1. The Morgan fingerprint density at radius 2 is 1.94 bits per heavy atom. The number of nitrogens with two attached hydrogens (primary N) is 1. The monoisotopic (exact) mass is 422 g/mol. The summed E-state index contributed by atoms with van der Waals surface area (Å²) in [6.45, 7) is 8.00. The van der Waals surface area contributed by atoms with Crippen LogP contribution in [-0.4, -0.2) is 22.2 Å². The van der Waals surface area contributed by atoms with Crippen LogP contribution < -0.4 is 16.0 Å². The summed E-state index contributed by atoms with van der Waals surface area (Å²) in [4.78, 5) is 15.8. The molecule has 7 heteroatoms. The van der Waals surface area contributed by atoms with E-state index in [0.29, 0.717) is 23.6 Å². The van der Waals surface area contributed by atoms with Crippen molar-refractivity contribution >= 4 is 17.4 Å². The SMILES string of the molecule is C=CCN1C(=O)C2(C(C#N)=C(N)Nc3c2c(C)nn3-c2ccc(C)cc2)c2ccccc21. The first kappa shape index (κ1) is 19.6. The van der Waals surface area contributed by atoms with Crippen molar-refractivity contribution in [3.05, 3.63) is 95.0 Å². The molecule has 0 saturated carbocycles. The zero-order valence-electron chi connectivity index (χ0n) is 17.9. The summed E-state index contributed by atoms with van der Waals surface area (Å²) in [6, 6.07) is 17.7. The van der Waals surface area contributed by atoms with Crippen molar-refractivity contribution in [2.75, 3.05) is 16.8 Å². The van der Waals surface area contributed by atoms with E-state index in [9.17, 15) is 10.1 Å². The van der Waals surface area contributed by atoms with E-state index in [0.717, 1.165) is 22.5 Å². The van der Waals surface area contributed by atoms with Crippen LogP contribution in [0.15, 0.2) is 72.6 Å². The Morgan fingerprint density at radius 3 is 2.62 bits per heavy atom. The summed E-state index contributed by atoms with van der Waals surface area (Å²) in [7, 11) is 0. The number of nitrogens with one attached hydrogen (secondary N) is 1. The molecule has 0 radical (unpaired) electrons. The Morgan fingerprint density at radius 1 is 1.22 bits per heavy atom. The predicted octanol–water partition coefficient (Wildman–Crippen LogP) is 3.43. The maximum atomic E-state index is 14.1. The first-order valence-electron chi connectivity index (χ1n) is 10.3. The van der Waals surface area contributed by atoms with Gasteiger partial charge in [-0.3, -0.25) is 4.79 Å². The van der Waals surface area contributed by atoms with E-state index >= 15 is 0 Å². The lowest BCUT2D eigenvalue weighted by Gasteiger charge is -2.34. The molecule has 7 nitrogen and oxygen atoms in total. The van der Waals surface area contributed by atoms with Crippen molar-refractivity contribution in [3.8, 4) is 11.8 Å². The summed E-state index contributed by atoms with van der Waals surface area (Å²) in [6.07, 6.45) is 1.68. The van der Waals surface area contributed by atoms with Gasteiger partial charge in [0.25, 0.3) is 0 Å². The molecular formula is C25H22N6O. The minimum Gasteiger partial charge on any atom is -0.384 e. The molecule has 3 heterocycles. The molecular weight excluding hydrogens is 400 g/mol. The minimum absolute atomic E-state index is 0.150. The molecule has 1 spiro atoms. The molecule has 2 aliphatic rings. The first-order chi connectivity index (χ1) is 15.4. The van der Waals surface area contributed by atoms with Crippen molar-refractivity contribution < 1.29 is 4.79 Å². The van der Waals surface area contributed by atoms with Crippen LogP contribution in [0.4, 0.5) is 11.5 Å². The van der Waals surface area contributed by atoms with Crippen molar-refractivity contribution in [1.29, 1.82) is 5.26 Å². The lowest BCUT2D eigenvalue weighted by Crippen LogP contribution is -2.46. The van der Waals surface area contributed by atoms with Gasteiger partial charge in [0, 0.05) is 23.4 Å². The molecule has 0 bridgehead atoms. The predicted molar refractivity (Wildman–Crippen MR) is 123 cm³/mol. The fraction of sp³-hybridized carbons (Fsp3) is 0.160. The second kappa shape index (κ2) is 6.86. The third-order valence-corrected chi connectivity index (χ3v) is 6.20. The highest BCUT2D eigenvalue weighted by molar-refractivity contribution is 6.15. The average Bonchev–Trinajstić information content (AvgIpc) is 3.23. The molecule has 2 aromatic carbocycles. The van der Waals surface area contributed by atoms with Crippen molar-refractivity contribution in [2.24, 2.45) is 5.73 Å². The molecule has 5 rings (SSSR count). The molecule has 0 aliphatic carbocycles. The Labute approximate surface area is 186 Å². The van der Waals surface area contributed by atoms with E-state index in [4.69, 9.17) is 10.8 Å². The van der Waals surface area contributed by atoms with E-state index in [1.807, 2.05) is 62.4 Å². The molecule has 32 heavy (non-hydrogen) atoms. The summed E-state index contributed by atoms with van der Waals surface area (Å²) >= 11 is 0. The largest absolute Gasteiger partial charge is 0.384 e. The molecule has 1 unspecified atom stereocenters. The maximum Gasteiger partial charge on any atom is 0.248 e. The zero-order valence-corrected chi connectivity index (χ0v) is 17.9. The van der Waals surface area contributed by atoms with E-state index in [1.165, 1.54) is 0 Å². The zero-order chi connectivity index (χ0) is 22.6. The number of hydrogen-bond donors (Lipinski definition) is 2. The van der Waals surface area contributed by atoms with Gasteiger partial charge in [-0.2, -0.15) is 10.4 Å². The third kappa shape index (κ3) is 2.35. The topological polar surface area (TPSA) is 100.0 Å². The molecule has 1 aromatic heterocycles. The Bertz CT molecular complexity index is 1360. The molecule has 0 fully saturated rings. The van der Waals surface area contributed by atoms with Crippen molar-refractivity contribution in [2.45, 2.75) is 19.3 Å². The smallest absolute Gasteiger partial charge is 0.248 e. The van der Waals surface area contributed by atoms with Crippen molar-refractivity contribution in [3.63, 3.8) is 0 Å². The Balaban J connectivity index is 1.87. The standard InChI is InChI=1S/C25H22N6O/c1-4-13-30-20-8-6-5-7-18(20)25(24(30)32)19(14-26)22(27)28-23-21(25)16(3)29-31(23)17-11-9-15(2)10-12-17/h4-12,28H,1,13,27H2,2-3H3. The molecule has 158 valence electrons. The highest BCUT2D eigenvalue weighted by Gasteiger charge is 2.59. The van der Waals surface area contributed by atoms with E-state index < -0.39 is 5.41 Å². The molecule has 0 saturated heterocycles. The van der Waals surface area contributed by atoms with Gasteiger partial charge in [0.05, 0.1) is 17.0 Å². The molecule has 1 atom stereocenters. The number of anilines is 2. The van der Waals surface area contributed by atoms with Gasteiger partial charge in [0.15, 0.2) is 0 Å². The van der Waals surface area contributed by atoms with Crippen LogP contribution >= 0.6 is 0 Å². The van der Waals surface area contributed by atoms with Crippen LogP contribution in [0.1, 0.15) is 22.4 Å². The van der Waals surface area contributed by atoms with E-state index in [2.05, 4.69) is 18.0 Å². The summed E-state index contributed by atoms with van der Waals surface area (Å²) in [5.74, 6) is 0.510. The number of aromatic nitrogens is 2. The Hall–Kier alpha value is -4.31. The number of carbonyl (C=O) groups excluding carboxylic acids is 1. The maximum absolute atomic E-state index is 14.1. The second-order valence-corrected chi connectivity index (χ2v) is 8.05. The number of carbonyl (C=O) groups is 1. The van der Waals surface area contributed by atoms with E-state index in [-0.39, 0.29) is 17.3 Å². The number of hydrogen-bond acceptors (Lipinski definition) is 5. The van der Waals surface area contributed by atoms with Crippen LogP contribution in [0, 0.1) is 25.2 Å². The molecule has 3 N–H and O–H groups in total. The summed E-state index contributed by atoms with van der Waals surface area (Å²) < 4.78 is 1.75. The summed E-state index contributed by atoms with van der Waals surface area (Å²) in [5, 5.41) is 18.1.